The van der Waals surface area contributed by atoms with E-state index >= 15 is 0 Å². The van der Waals surface area contributed by atoms with Gasteiger partial charge in [-0.2, -0.15) is 39.5 Å². The van der Waals surface area contributed by atoms with Gasteiger partial charge in [0.2, 0.25) is 0 Å². The first-order chi connectivity index (χ1) is 9.69. The van der Waals surface area contributed by atoms with Crippen molar-refractivity contribution in [2.75, 3.05) is 7.05 Å². The maximum absolute atomic E-state index is 13.0. The number of halogens is 9. The van der Waals surface area contributed by atoms with E-state index in [0.717, 1.165) is 14.0 Å². The van der Waals surface area contributed by atoms with Gasteiger partial charge in [0.25, 0.3) is 0 Å². The summed E-state index contributed by atoms with van der Waals surface area (Å²) in [6.07, 6.45) is -16.2. The molecule has 0 aliphatic rings. The minimum absolute atomic E-state index is 0.0826. The molecule has 0 heterocycles. The lowest BCUT2D eigenvalue weighted by Crippen LogP contribution is -2.25. The maximum Gasteiger partial charge on any atom is 0.417 e. The SMILES string of the molecule is CNC(C)c1cc(C(F)(F)F)cc(C(F)(F)F)c1C(F)(F)F. The van der Waals surface area contributed by atoms with Crippen LogP contribution in [0.3, 0.4) is 0 Å². The highest BCUT2D eigenvalue weighted by Crippen LogP contribution is 2.46. The lowest BCUT2D eigenvalue weighted by molar-refractivity contribution is -0.164. The van der Waals surface area contributed by atoms with E-state index in [1.807, 2.05) is 0 Å². The second-order valence-electron chi connectivity index (χ2n) is 4.49. The lowest BCUT2D eigenvalue weighted by Gasteiger charge is -2.24. The molecule has 0 saturated heterocycles. The van der Waals surface area contributed by atoms with E-state index in [0.29, 0.717) is 0 Å². The summed E-state index contributed by atoms with van der Waals surface area (Å²) in [4.78, 5) is 0. The summed E-state index contributed by atoms with van der Waals surface area (Å²) in [5, 5.41) is 2.22. The molecule has 1 nitrogen and oxygen atoms in total. The molecular weight excluding hydrogens is 329 g/mol. The fourth-order valence-corrected chi connectivity index (χ4v) is 1.87. The number of rotatable bonds is 2. The van der Waals surface area contributed by atoms with Gasteiger partial charge in [0.05, 0.1) is 16.7 Å². The zero-order chi connectivity index (χ0) is 17.5. The quantitative estimate of drug-likeness (QED) is 0.746. The molecule has 1 aromatic rings. The number of alkyl halides is 9. The molecule has 10 heteroatoms. The predicted molar refractivity (Wildman–Crippen MR) is 58.9 cm³/mol. The van der Waals surface area contributed by atoms with Gasteiger partial charge in [0.1, 0.15) is 0 Å². The zero-order valence-electron chi connectivity index (χ0n) is 11.1. The van der Waals surface area contributed by atoms with Gasteiger partial charge in [0, 0.05) is 6.04 Å². The summed E-state index contributed by atoms with van der Waals surface area (Å²) in [5.74, 6) is 0. The fraction of sp³-hybridized carbons (Fsp3) is 0.500. The van der Waals surface area contributed by atoms with Crippen molar-refractivity contribution < 1.29 is 39.5 Å². The Morgan fingerprint density at radius 3 is 1.64 bits per heavy atom. The van der Waals surface area contributed by atoms with Crippen LogP contribution in [0, 0.1) is 0 Å². The van der Waals surface area contributed by atoms with Gasteiger partial charge in [-0.05, 0) is 31.7 Å². The molecule has 1 rings (SSSR count). The predicted octanol–water partition coefficient (Wildman–Crippen LogP) is 5.02. The molecule has 0 aliphatic heterocycles. The van der Waals surface area contributed by atoms with Crippen LogP contribution >= 0.6 is 0 Å². The van der Waals surface area contributed by atoms with Crippen molar-refractivity contribution in [1.29, 1.82) is 0 Å². The van der Waals surface area contributed by atoms with Crippen LogP contribution in [0.5, 0.6) is 0 Å². The van der Waals surface area contributed by atoms with Gasteiger partial charge in [-0.1, -0.05) is 0 Å². The molecule has 0 aliphatic carbocycles. The summed E-state index contributed by atoms with van der Waals surface area (Å²) in [6, 6.07) is -1.80. The monoisotopic (exact) mass is 339 g/mol. The van der Waals surface area contributed by atoms with E-state index in [2.05, 4.69) is 5.32 Å². The van der Waals surface area contributed by atoms with Crippen LogP contribution in [0.1, 0.15) is 35.2 Å². The number of hydrogen-bond donors (Lipinski definition) is 1. The largest absolute Gasteiger partial charge is 0.417 e. The van der Waals surface area contributed by atoms with E-state index in [1.54, 1.807) is 0 Å². The average Bonchev–Trinajstić information content (AvgIpc) is 2.32. The number of hydrogen-bond acceptors (Lipinski definition) is 1. The Morgan fingerprint density at radius 1 is 0.818 bits per heavy atom. The number of nitrogens with one attached hydrogen (secondary N) is 1. The van der Waals surface area contributed by atoms with Crippen molar-refractivity contribution in [1.82, 2.24) is 5.32 Å². The minimum Gasteiger partial charge on any atom is -0.313 e. The second-order valence-corrected chi connectivity index (χ2v) is 4.49. The van der Waals surface area contributed by atoms with Crippen molar-refractivity contribution in [3.05, 3.63) is 34.4 Å². The van der Waals surface area contributed by atoms with Crippen LogP contribution in [-0.2, 0) is 18.5 Å². The summed E-state index contributed by atoms with van der Waals surface area (Å²) in [5.41, 5.74) is -7.37. The summed E-state index contributed by atoms with van der Waals surface area (Å²) in [6.45, 7) is 1.03. The van der Waals surface area contributed by atoms with Gasteiger partial charge >= 0.3 is 18.5 Å². The third-order valence-electron chi connectivity index (χ3n) is 2.98. The summed E-state index contributed by atoms with van der Waals surface area (Å²) in [7, 11) is 1.12. The topological polar surface area (TPSA) is 12.0 Å². The molecule has 1 unspecified atom stereocenters. The van der Waals surface area contributed by atoms with Gasteiger partial charge in [0.15, 0.2) is 0 Å². The zero-order valence-corrected chi connectivity index (χ0v) is 11.1. The third-order valence-corrected chi connectivity index (χ3v) is 2.98. The van der Waals surface area contributed by atoms with Crippen LogP contribution in [-0.4, -0.2) is 7.05 Å². The summed E-state index contributed by atoms with van der Waals surface area (Å²) < 4.78 is 115. The van der Waals surface area contributed by atoms with Crippen molar-refractivity contribution in [3.8, 4) is 0 Å². The molecule has 0 fully saturated rings. The van der Waals surface area contributed by atoms with Crippen LogP contribution in [0.15, 0.2) is 12.1 Å². The smallest absolute Gasteiger partial charge is 0.313 e. The van der Waals surface area contributed by atoms with Crippen LogP contribution in [0.2, 0.25) is 0 Å². The maximum atomic E-state index is 13.0. The molecule has 0 saturated carbocycles. The first-order valence-electron chi connectivity index (χ1n) is 5.76. The van der Waals surface area contributed by atoms with Crippen molar-refractivity contribution >= 4 is 0 Å². The van der Waals surface area contributed by atoms with Crippen molar-refractivity contribution in [2.45, 2.75) is 31.5 Å². The van der Waals surface area contributed by atoms with Crippen LogP contribution < -0.4 is 5.32 Å². The Balaban J connectivity index is 3.86. The molecule has 0 bridgehead atoms. The van der Waals surface area contributed by atoms with Gasteiger partial charge < -0.3 is 5.32 Å². The van der Waals surface area contributed by atoms with E-state index in [9.17, 15) is 39.5 Å². The first kappa shape index (κ1) is 18.6. The molecule has 0 aromatic heterocycles. The van der Waals surface area contributed by atoms with E-state index < -0.39 is 52.9 Å². The molecule has 0 amide bonds. The van der Waals surface area contributed by atoms with Crippen molar-refractivity contribution in [3.63, 3.8) is 0 Å². The first-order valence-corrected chi connectivity index (χ1v) is 5.76. The normalized spacial score (nSPS) is 15.0. The highest BCUT2D eigenvalue weighted by atomic mass is 19.4. The Kier molecular flexibility index (Phi) is 4.76. The molecular formula is C12H10F9N. The van der Waals surface area contributed by atoms with Crippen LogP contribution in [0.25, 0.3) is 0 Å². The molecule has 0 radical (unpaired) electrons. The van der Waals surface area contributed by atoms with E-state index in [-0.39, 0.29) is 6.07 Å². The Labute approximate surface area is 119 Å². The third kappa shape index (κ3) is 3.84. The summed E-state index contributed by atoms with van der Waals surface area (Å²) >= 11 is 0. The number of benzene rings is 1. The molecule has 126 valence electrons. The molecule has 1 atom stereocenters. The average molecular weight is 339 g/mol. The molecule has 1 N–H and O–H groups in total. The van der Waals surface area contributed by atoms with Crippen LogP contribution in [0.4, 0.5) is 39.5 Å². The highest BCUT2D eigenvalue weighted by Gasteiger charge is 2.47. The minimum atomic E-state index is -5.58. The Morgan fingerprint density at radius 2 is 1.32 bits per heavy atom. The Hall–Kier alpha value is -1.45. The highest BCUT2D eigenvalue weighted by molar-refractivity contribution is 5.45. The fourth-order valence-electron chi connectivity index (χ4n) is 1.87. The van der Waals surface area contributed by atoms with Gasteiger partial charge in [-0.15, -0.1) is 0 Å². The molecule has 1 aromatic carbocycles. The van der Waals surface area contributed by atoms with E-state index in [1.165, 1.54) is 0 Å². The Bertz CT molecular complexity index is 539. The van der Waals surface area contributed by atoms with Gasteiger partial charge in [-0.3, -0.25) is 0 Å². The van der Waals surface area contributed by atoms with Crippen molar-refractivity contribution in [2.24, 2.45) is 0 Å². The molecule has 22 heavy (non-hydrogen) atoms. The standard InChI is InChI=1S/C12H10F9N/c1-5(22-2)7-3-6(10(13,14)15)4-8(11(16,17)18)9(7)12(19,20)21/h3-5,22H,1-2H3. The van der Waals surface area contributed by atoms with E-state index in [4.69, 9.17) is 0 Å². The second kappa shape index (κ2) is 5.64. The molecule has 0 spiro atoms. The lowest BCUT2D eigenvalue weighted by atomic mass is 9.92. The van der Waals surface area contributed by atoms with Gasteiger partial charge in [-0.25, -0.2) is 0 Å².